The van der Waals surface area contributed by atoms with Crippen molar-refractivity contribution in [2.24, 2.45) is 0 Å². The Morgan fingerprint density at radius 3 is 1.85 bits per heavy atom. The first kappa shape index (κ1) is 25.7. The van der Waals surface area contributed by atoms with Crippen molar-refractivity contribution in [3.63, 3.8) is 0 Å². The van der Waals surface area contributed by atoms with E-state index in [-0.39, 0.29) is 15.5 Å². The van der Waals surface area contributed by atoms with Crippen LogP contribution in [0.3, 0.4) is 0 Å². The molecule has 200 valence electrons. The van der Waals surface area contributed by atoms with Crippen molar-refractivity contribution in [1.82, 2.24) is 0 Å². The van der Waals surface area contributed by atoms with Crippen molar-refractivity contribution in [3.05, 3.63) is 132 Å². The van der Waals surface area contributed by atoms with E-state index in [0.29, 0.717) is 23.4 Å². The molecule has 5 aromatic rings. The third kappa shape index (κ3) is 5.04. The molecule has 0 fully saturated rings. The van der Waals surface area contributed by atoms with E-state index in [2.05, 4.69) is 9.44 Å². The molecule has 6 rings (SSSR count). The van der Waals surface area contributed by atoms with Crippen LogP contribution in [0.5, 0.6) is 11.5 Å². The fourth-order valence-corrected chi connectivity index (χ4v) is 6.86. The second kappa shape index (κ2) is 10.2. The highest BCUT2D eigenvalue weighted by molar-refractivity contribution is 7.93. The highest BCUT2D eigenvalue weighted by Gasteiger charge is 2.24. The summed E-state index contributed by atoms with van der Waals surface area (Å²) < 4.78 is 64.2. The van der Waals surface area contributed by atoms with Crippen LogP contribution in [0.1, 0.15) is 11.1 Å². The third-order valence-corrected chi connectivity index (χ3v) is 9.38. The summed E-state index contributed by atoms with van der Waals surface area (Å²) in [6.45, 7) is 0. The number of benzene rings is 5. The molecule has 0 atom stereocenters. The average molecular weight is 569 g/mol. The van der Waals surface area contributed by atoms with Gasteiger partial charge in [-0.15, -0.1) is 0 Å². The fraction of sp³-hybridized carbons (Fsp3) is 0.0323. The minimum atomic E-state index is -3.92. The SMILES string of the molecule is O=S(=O)(Nc1ccc(NS(=O)(=O)c2ccccc2)c(-c2cccc3c2Cc2ccccc2O3)c1)c1ccccc1. The zero-order chi connectivity index (χ0) is 27.7. The zero-order valence-corrected chi connectivity index (χ0v) is 22.7. The van der Waals surface area contributed by atoms with E-state index in [4.69, 9.17) is 4.74 Å². The van der Waals surface area contributed by atoms with E-state index >= 15 is 0 Å². The molecule has 1 aliphatic heterocycles. The second-order valence-electron chi connectivity index (χ2n) is 9.27. The Kier molecular flexibility index (Phi) is 6.53. The van der Waals surface area contributed by atoms with Gasteiger partial charge in [0.25, 0.3) is 20.0 Å². The lowest BCUT2D eigenvalue weighted by atomic mass is 9.91. The molecule has 9 heteroatoms. The van der Waals surface area contributed by atoms with Crippen molar-refractivity contribution in [2.45, 2.75) is 16.2 Å². The fourth-order valence-electron chi connectivity index (χ4n) is 4.69. The van der Waals surface area contributed by atoms with Crippen LogP contribution < -0.4 is 14.2 Å². The number of hydrogen-bond acceptors (Lipinski definition) is 5. The third-order valence-electron chi connectivity index (χ3n) is 6.61. The van der Waals surface area contributed by atoms with Crippen LogP contribution >= 0.6 is 0 Å². The number of fused-ring (bicyclic) bond motifs is 2. The number of ether oxygens (including phenoxy) is 1. The predicted octanol–water partition coefficient (Wildman–Crippen LogP) is 6.65. The summed E-state index contributed by atoms with van der Waals surface area (Å²) in [4.78, 5) is 0.231. The largest absolute Gasteiger partial charge is 0.457 e. The number of nitrogens with one attached hydrogen (secondary N) is 2. The summed E-state index contributed by atoms with van der Waals surface area (Å²) >= 11 is 0. The number of sulfonamides is 2. The number of anilines is 2. The summed E-state index contributed by atoms with van der Waals surface area (Å²) in [5, 5.41) is 0. The van der Waals surface area contributed by atoms with Gasteiger partial charge in [0.1, 0.15) is 11.5 Å². The van der Waals surface area contributed by atoms with Crippen LogP contribution in [0.4, 0.5) is 11.4 Å². The lowest BCUT2D eigenvalue weighted by molar-refractivity contribution is 0.460. The van der Waals surface area contributed by atoms with E-state index in [9.17, 15) is 16.8 Å². The first-order valence-electron chi connectivity index (χ1n) is 12.5. The van der Waals surface area contributed by atoms with Gasteiger partial charge in [-0.25, -0.2) is 16.8 Å². The Morgan fingerprint density at radius 1 is 0.550 bits per heavy atom. The van der Waals surface area contributed by atoms with Crippen molar-refractivity contribution in [3.8, 4) is 22.6 Å². The van der Waals surface area contributed by atoms with Gasteiger partial charge in [0.05, 0.1) is 15.5 Å². The van der Waals surface area contributed by atoms with Gasteiger partial charge in [-0.05, 0) is 65.7 Å². The summed E-state index contributed by atoms with van der Waals surface area (Å²) in [6, 6.07) is 34.2. The summed E-state index contributed by atoms with van der Waals surface area (Å²) in [5.41, 5.74) is 3.68. The Balaban J connectivity index is 1.47. The summed E-state index contributed by atoms with van der Waals surface area (Å²) in [5.74, 6) is 1.42. The maximum atomic E-state index is 13.3. The molecule has 0 amide bonds. The lowest BCUT2D eigenvalue weighted by Crippen LogP contribution is -2.15. The smallest absolute Gasteiger partial charge is 0.261 e. The first-order chi connectivity index (χ1) is 19.3. The molecule has 5 aromatic carbocycles. The molecule has 0 saturated heterocycles. The van der Waals surface area contributed by atoms with Gasteiger partial charge in [-0.3, -0.25) is 9.44 Å². The van der Waals surface area contributed by atoms with Crippen molar-refractivity contribution >= 4 is 31.4 Å². The molecule has 40 heavy (non-hydrogen) atoms. The van der Waals surface area contributed by atoms with Crippen LogP contribution in [0.15, 0.2) is 131 Å². The molecule has 7 nitrogen and oxygen atoms in total. The maximum absolute atomic E-state index is 13.3. The standard InChI is InChI=1S/C31H24N2O5S2/c34-39(35,24-11-3-1-4-12-24)32-23-18-19-29(33-40(36,37)25-13-5-2-6-14-25)27(21-23)26-15-9-17-31-28(26)20-22-10-7-8-16-30(22)38-31/h1-19,21,32-33H,20H2. The molecule has 1 aliphatic rings. The number of hydrogen-bond donors (Lipinski definition) is 2. The van der Waals surface area contributed by atoms with Crippen LogP contribution in [-0.2, 0) is 26.5 Å². The van der Waals surface area contributed by atoms with Gasteiger partial charge in [0, 0.05) is 23.2 Å². The van der Waals surface area contributed by atoms with E-state index < -0.39 is 20.0 Å². The van der Waals surface area contributed by atoms with Gasteiger partial charge in [-0.1, -0.05) is 66.7 Å². The molecule has 0 radical (unpaired) electrons. The van der Waals surface area contributed by atoms with E-state index in [1.807, 2.05) is 42.5 Å². The Hall–Kier alpha value is -4.60. The molecular formula is C31H24N2O5S2. The van der Waals surface area contributed by atoms with E-state index in [0.717, 1.165) is 22.4 Å². The highest BCUT2D eigenvalue weighted by Crippen LogP contribution is 2.43. The molecule has 0 aliphatic carbocycles. The molecule has 2 N–H and O–H groups in total. The summed E-state index contributed by atoms with van der Waals surface area (Å²) in [6.07, 6.45) is 0.562. The Bertz CT molecular complexity index is 1930. The van der Waals surface area contributed by atoms with Gasteiger partial charge in [0.2, 0.25) is 0 Å². The topological polar surface area (TPSA) is 102 Å². The molecule has 0 unspecified atom stereocenters. The first-order valence-corrected chi connectivity index (χ1v) is 15.4. The molecule has 0 spiro atoms. The normalized spacial score (nSPS) is 12.5. The number of rotatable bonds is 7. The van der Waals surface area contributed by atoms with Crippen LogP contribution in [0.25, 0.3) is 11.1 Å². The summed E-state index contributed by atoms with van der Waals surface area (Å²) in [7, 11) is -7.80. The van der Waals surface area contributed by atoms with Crippen molar-refractivity contribution < 1.29 is 21.6 Å². The molecule has 0 bridgehead atoms. The zero-order valence-electron chi connectivity index (χ0n) is 21.1. The van der Waals surface area contributed by atoms with E-state index in [1.54, 1.807) is 48.5 Å². The van der Waals surface area contributed by atoms with Gasteiger partial charge in [0.15, 0.2) is 0 Å². The van der Waals surface area contributed by atoms with Crippen LogP contribution in [-0.4, -0.2) is 16.8 Å². The number of para-hydroxylation sites is 1. The maximum Gasteiger partial charge on any atom is 0.261 e. The quantitative estimate of drug-likeness (QED) is 0.225. The van der Waals surface area contributed by atoms with Gasteiger partial charge < -0.3 is 4.74 Å². The highest BCUT2D eigenvalue weighted by atomic mass is 32.2. The average Bonchev–Trinajstić information content (AvgIpc) is 2.97. The van der Waals surface area contributed by atoms with Crippen LogP contribution in [0.2, 0.25) is 0 Å². The minimum absolute atomic E-state index is 0.113. The lowest BCUT2D eigenvalue weighted by Gasteiger charge is -2.24. The molecule has 0 saturated carbocycles. The monoisotopic (exact) mass is 568 g/mol. The minimum Gasteiger partial charge on any atom is -0.457 e. The van der Waals surface area contributed by atoms with Gasteiger partial charge in [-0.2, -0.15) is 0 Å². The predicted molar refractivity (Wildman–Crippen MR) is 156 cm³/mol. The Morgan fingerprint density at radius 2 is 1.15 bits per heavy atom. The molecular weight excluding hydrogens is 544 g/mol. The van der Waals surface area contributed by atoms with Crippen LogP contribution in [0, 0.1) is 0 Å². The van der Waals surface area contributed by atoms with E-state index in [1.165, 1.54) is 30.3 Å². The molecule has 1 heterocycles. The Labute approximate surface area is 233 Å². The van der Waals surface area contributed by atoms with Crippen molar-refractivity contribution in [1.29, 1.82) is 0 Å². The second-order valence-corrected chi connectivity index (χ2v) is 12.6. The molecule has 0 aromatic heterocycles. The van der Waals surface area contributed by atoms with Gasteiger partial charge >= 0.3 is 0 Å². The van der Waals surface area contributed by atoms with Crippen molar-refractivity contribution in [2.75, 3.05) is 9.44 Å².